The molecule has 0 aliphatic heterocycles. The molecule has 0 spiro atoms. The molecule has 126 valence electrons. The third kappa shape index (κ3) is 4.17. The average Bonchev–Trinajstić information content (AvgIpc) is 2.59. The van der Waals surface area contributed by atoms with Gasteiger partial charge in [-0.3, -0.25) is 9.59 Å². The lowest BCUT2D eigenvalue weighted by molar-refractivity contribution is 0.101. The van der Waals surface area contributed by atoms with Crippen LogP contribution in [0.3, 0.4) is 0 Å². The van der Waals surface area contributed by atoms with E-state index in [1.165, 1.54) is 16.8 Å². The second kappa shape index (κ2) is 7.09. The van der Waals surface area contributed by atoms with Crippen molar-refractivity contribution < 1.29 is 4.79 Å². The van der Waals surface area contributed by atoms with Gasteiger partial charge in [-0.2, -0.15) is 5.10 Å². The Morgan fingerprint density at radius 1 is 1.04 bits per heavy atom. The van der Waals surface area contributed by atoms with Crippen LogP contribution in [0, 0.1) is 13.8 Å². The molecule has 1 amide bonds. The fourth-order valence-corrected chi connectivity index (χ4v) is 2.34. The van der Waals surface area contributed by atoms with Crippen molar-refractivity contribution in [3.05, 3.63) is 87.5 Å². The van der Waals surface area contributed by atoms with E-state index in [1.807, 2.05) is 50.2 Å². The molecule has 0 saturated heterocycles. The van der Waals surface area contributed by atoms with Gasteiger partial charge in [0, 0.05) is 11.8 Å². The number of hydrogen-bond acceptors (Lipinski definition) is 4. The standard InChI is InChI=1S/C19H18N4O2/c1-13-6-8-15(9-7-13)12-23-18(24)11-10-16(22-23)19(25)21-17-5-3-4-14(2)20-17/h3-11H,12H2,1-2H3,(H,20,21,25). The molecule has 0 fully saturated rings. The molecule has 0 saturated carbocycles. The summed E-state index contributed by atoms with van der Waals surface area (Å²) in [7, 11) is 0. The highest BCUT2D eigenvalue weighted by Gasteiger charge is 2.11. The smallest absolute Gasteiger partial charge is 0.277 e. The first-order chi connectivity index (χ1) is 12.0. The zero-order valence-electron chi connectivity index (χ0n) is 14.1. The summed E-state index contributed by atoms with van der Waals surface area (Å²) in [6.45, 7) is 4.15. The molecule has 3 rings (SSSR count). The van der Waals surface area contributed by atoms with E-state index in [-0.39, 0.29) is 11.3 Å². The molecule has 2 aromatic heterocycles. The number of hydrogen-bond donors (Lipinski definition) is 1. The van der Waals surface area contributed by atoms with Gasteiger partial charge in [-0.05, 0) is 37.6 Å². The number of rotatable bonds is 4. The van der Waals surface area contributed by atoms with Gasteiger partial charge in [0.25, 0.3) is 11.5 Å². The third-order valence-electron chi connectivity index (χ3n) is 3.68. The molecule has 25 heavy (non-hydrogen) atoms. The van der Waals surface area contributed by atoms with E-state index in [0.717, 1.165) is 16.8 Å². The van der Waals surface area contributed by atoms with E-state index < -0.39 is 5.91 Å². The van der Waals surface area contributed by atoms with Crippen molar-refractivity contribution >= 4 is 11.7 Å². The third-order valence-corrected chi connectivity index (χ3v) is 3.68. The van der Waals surface area contributed by atoms with E-state index in [0.29, 0.717) is 12.4 Å². The molecule has 2 heterocycles. The lowest BCUT2D eigenvalue weighted by atomic mass is 10.1. The molecular formula is C19H18N4O2. The molecule has 0 atom stereocenters. The van der Waals surface area contributed by atoms with E-state index >= 15 is 0 Å². The van der Waals surface area contributed by atoms with Gasteiger partial charge in [-0.25, -0.2) is 9.67 Å². The number of anilines is 1. The van der Waals surface area contributed by atoms with Crippen molar-refractivity contribution in [2.24, 2.45) is 0 Å². The maximum atomic E-state index is 12.4. The average molecular weight is 334 g/mol. The van der Waals surface area contributed by atoms with Gasteiger partial charge in [0.05, 0.1) is 6.54 Å². The summed E-state index contributed by atoms with van der Waals surface area (Å²) >= 11 is 0. The number of benzene rings is 1. The second-order valence-electron chi connectivity index (χ2n) is 5.82. The summed E-state index contributed by atoms with van der Waals surface area (Å²) in [6.07, 6.45) is 0. The van der Waals surface area contributed by atoms with Crippen LogP contribution in [-0.2, 0) is 6.54 Å². The Morgan fingerprint density at radius 3 is 2.52 bits per heavy atom. The van der Waals surface area contributed by atoms with Crippen LogP contribution in [0.25, 0.3) is 0 Å². The predicted octanol–water partition coefficient (Wildman–Crippen LogP) is 2.56. The van der Waals surface area contributed by atoms with E-state index in [2.05, 4.69) is 15.4 Å². The van der Waals surface area contributed by atoms with Crippen molar-refractivity contribution in [3.8, 4) is 0 Å². The summed E-state index contributed by atoms with van der Waals surface area (Å²) < 4.78 is 1.28. The minimum absolute atomic E-state index is 0.162. The minimum Gasteiger partial charge on any atom is -0.305 e. The largest absolute Gasteiger partial charge is 0.305 e. The summed E-state index contributed by atoms with van der Waals surface area (Å²) in [5, 5.41) is 6.86. The van der Waals surface area contributed by atoms with Crippen molar-refractivity contribution in [1.82, 2.24) is 14.8 Å². The molecule has 6 nitrogen and oxygen atoms in total. The van der Waals surface area contributed by atoms with Crippen molar-refractivity contribution in [3.63, 3.8) is 0 Å². The number of nitrogens with one attached hydrogen (secondary N) is 1. The summed E-state index contributed by atoms with van der Waals surface area (Å²) in [4.78, 5) is 28.6. The highest BCUT2D eigenvalue weighted by Crippen LogP contribution is 2.07. The lowest BCUT2D eigenvalue weighted by Crippen LogP contribution is -2.26. The van der Waals surface area contributed by atoms with E-state index in [4.69, 9.17) is 0 Å². The first kappa shape index (κ1) is 16.6. The quantitative estimate of drug-likeness (QED) is 0.795. The van der Waals surface area contributed by atoms with Crippen LogP contribution in [0.15, 0.2) is 59.4 Å². The molecule has 1 aromatic carbocycles. The van der Waals surface area contributed by atoms with Crippen LogP contribution >= 0.6 is 0 Å². The monoisotopic (exact) mass is 334 g/mol. The van der Waals surface area contributed by atoms with E-state index in [9.17, 15) is 9.59 Å². The van der Waals surface area contributed by atoms with Gasteiger partial charge >= 0.3 is 0 Å². The highest BCUT2D eigenvalue weighted by molar-refractivity contribution is 6.02. The zero-order valence-corrected chi connectivity index (χ0v) is 14.1. The van der Waals surface area contributed by atoms with Crippen LogP contribution in [-0.4, -0.2) is 20.7 Å². The number of carbonyl (C=O) groups excluding carboxylic acids is 1. The van der Waals surface area contributed by atoms with Crippen molar-refractivity contribution in [2.45, 2.75) is 20.4 Å². The SMILES string of the molecule is Cc1ccc(Cn2nc(C(=O)Nc3cccc(C)n3)ccc2=O)cc1. The van der Waals surface area contributed by atoms with Crippen LogP contribution in [0.4, 0.5) is 5.82 Å². The number of pyridine rings is 1. The minimum atomic E-state index is -0.407. The molecule has 0 radical (unpaired) electrons. The van der Waals surface area contributed by atoms with Gasteiger partial charge in [0.2, 0.25) is 0 Å². The van der Waals surface area contributed by atoms with Gasteiger partial charge in [-0.15, -0.1) is 0 Å². The Labute approximate surface area is 145 Å². The molecule has 1 N–H and O–H groups in total. The fourth-order valence-electron chi connectivity index (χ4n) is 2.34. The Bertz CT molecular complexity index is 962. The number of aryl methyl sites for hydroxylation is 2. The van der Waals surface area contributed by atoms with Gasteiger partial charge in [0.15, 0.2) is 0 Å². The highest BCUT2D eigenvalue weighted by atomic mass is 16.2. The molecule has 0 unspecified atom stereocenters. The Balaban J connectivity index is 1.82. The molecule has 0 bridgehead atoms. The summed E-state index contributed by atoms with van der Waals surface area (Å²) in [6, 6.07) is 15.9. The summed E-state index contributed by atoms with van der Waals surface area (Å²) in [5.74, 6) is 0.0406. The molecule has 0 aliphatic rings. The molecular weight excluding hydrogens is 316 g/mol. The Morgan fingerprint density at radius 2 is 1.80 bits per heavy atom. The van der Waals surface area contributed by atoms with Crippen LogP contribution in [0.1, 0.15) is 27.3 Å². The number of nitrogens with zero attached hydrogens (tertiary/aromatic N) is 3. The number of amides is 1. The van der Waals surface area contributed by atoms with Gasteiger partial charge in [0.1, 0.15) is 11.5 Å². The normalized spacial score (nSPS) is 10.5. The maximum Gasteiger partial charge on any atom is 0.277 e. The second-order valence-corrected chi connectivity index (χ2v) is 5.82. The maximum absolute atomic E-state index is 12.4. The van der Waals surface area contributed by atoms with E-state index in [1.54, 1.807) is 6.07 Å². The van der Waals surface area contributed by atoms with Crippen molar-refractivity contribution in [1.29, 1.82) is 0 Å². The Hall–Kier alpha value is -3.28. The first-order valence-corrected chi connectivity index (χ1v) is 7.90. The predicted molar refractivity (Wildman–Crippen MR) is 95.7 cm³/mol. The van der Waals surface area contributed by atoms with Crippen LogP contribution in [0.2, 0.25) is 0 Å². The van der Waals surface area contributed by atoms with Crippen LogP contribution in [0.5, 0.6) is 0 Å². The van der Waals surface area contributed by atoms with Gasteiger partial charge < -0.3 is 5.32 Å². The molecule has 0 aliphatic carbocycles. The molecule has 6 heteroatoms. The Kier molecular flexibility index (Phi) is 4.70. The van der Waals surface area contributed by atoms with Crippen LogP contribution < -0.4 is 10.9 Å². The topological polar surface area (TPSA) is 76.9 Å². The number of carbonyl (C=O) groups is 1. The van der Waals surface area contributed by atoms with Crippen molar-refractivity contribution in [2.75, 3.05) is 5.32 Å². The lowest BCUT2D eigenvalue weighted by Gasteiger charge is -2.08. The number of aromatic nitrogens is 3. The zero-order chi connectivity index (χ0) is 17.8. The first-order valence-electron chi connectivity index (χ1n) is 7.90. The summed E-state index contributed by atoms with van der Waals surface area (Å²) in [5.41, 5.74) is 2.79. The molecule has 3 aromatic rings. The van der Waals surface area contributed by atoms with Gasteiger partial charge in [-0.1, -0.05) is 35.9 Å². The fraction of sp³-hybridized carbons (Fsp3) is 0.158.